The Hall–Kier alpha value is -1.29. The van der Waals surface area contributed by atoms with Gasteiger partial charge >= 0.3 is 0 Å². The van der Waals surface area contributed by atoms with E-state index < -0.39 is 6.10 Å². The van der Waals surface area contributed by atoms with Crippen LogP contribution < -0.4 is 5.32 Å². The smallest absolute Gasteiger partial charge is 0.287 e. The highest BCUT2D eigenvalue weighted by atomic mass is 16.3. The van der Waals surface area contributed by atoms with Gasteiger partial charge in [0.2, 0.25) is 0 Å². The van der Waals surface area contributed by atoms with Gasteiger partial charge in [-0.3, -0.25) is 4.79 Å². The zero-order valence-electron chi connectivity index (χ0n) is 10.1. The normalized spacial score (nSPS) is 24.6. The minimum atomic E-state index is -0.423. The number of furan rings is 1. The molecule has 2 N–H and O–H groups in total. The molecule has 0 aliphatic heterocycles. The van der Waals surface area contributed by atoms with E-state index in [2.05, 4.69) is 5.32 Å². The molecule has 1 aromatic rings. The third-order valence-electron chi connectivity index (χ3n) is 3.28. The Balaban J connectivity index is 1.96. The van der Waals surface area contributed by atoms with E-state index in [1.54, 1.807) is 6.07 Å². The number of aliphatic hydroxyl groups is 1. The maximum Gasteiger partial charge on any atom is 0.287 e. The summed E-state index contributed by atoms with van der Waals surface area (Å²) in [4.78, 5) is 11.9. The molecule has 0 bridgehead atoms. The molecule has 0 spiro atoms. The summed E-state index contributed by atoms with van der Waals surface area (Å²) >= 11 is 0. The molecule has 4 nitrogen and oxygen atoms in total. The van der Waals surface area contributed by atoms with E-state index in [0.717, 1.165) is 37.9 Å². The minimum Gasteiger partial charge on any atom is -0.456 e. The number of rotatable bonds is 3. The van der Waals surface area contributed by atoms with Crippen LogP contribution in [0.2, 0.25) is 0 Å². The fraction of sp³-hybridized carbons (Fsp3) is 0.615. The molecule has 4 heteroatoms. The highest BCUT2D eigenvalue weighted by molar-refractivity contribution is 5.91. The Morgan fingerprint density at radius 3 is 2.88 bits per heavy atom. The number of amides is 1. The van der Waals surface area contributed by atoms with Crippen molar-refractivity contribution in [2.24, 2.45) is 0 Å². The Labute approximate surface area is 101 Å². The van der Waals surface area contributed by atoms with Crippen LogP contribution in [-0.2, 0) is 6.42 Å². The van der Waals surface area contributed by atoms with E-state index >= 15 is 0 Å². The summed E-state index contributed by atoms with van der Waals surface area (Å²) in [5, 5.41) is 12.6. The van der Waals surface area contributed by atoms with Crippen molar-refractivity contribution in [1.29, 1.82) is 0 Å². The van der Waals surface area contributed by atoms with Gasteiger partial charge in [-0.15, -0.1) is 0 Å². The van der Waals surface area contributed by atoms with Gasteiger partial charge in [0.25, 0.3) is 5.91 Å². The maximum absolute atomic E-state index is 11.9. The molecule has 2 rings (SSSR count). The number of hydrogen-bond acceptors (Lipinski definition) is 3. The quantitative estimate of drug-likeness (QED) is 0.843. The van der Waals surface area contributed by atoms with Crippen molar-refractivity contribution >= 4 is 5.91 Å². The summed E-state index contributed by atoms with van der Waals surface area (Å²) in [5.74, 6) is 0.912. The van der Waals surface area contributed by atoms with Gasteiger partial charge in [0.05, 0.1) is 12.1 Å². The minimum absolute atomic E-state index is 0.133. The molecule has 1 heterocycles. The average molecular weight is 237 g/mol. The van der Waals surface area contributed by atoms with Gasteiger partial charge in [0.15, 0.2) is 5.76 Å². The van der Waals surface area contributed by atoms with Crippen molar-refractivity contribution in [3.05, 3.63) is 23.7 Å². The van der Waals surface area contributed by atoms with Crippen LogP contribution in [0.5, 0.6) is 0 Å². The third kappa shape index (κ3) is 2.88. The predicted molar refractivity (Wildman–Crippen MR) is 63.8 cm³/mol. The molecule has 0 aromatic carbocycles. The standard InChI is InChI=1S/C13H19NO3/c1-2-9-7-8-12(17-9)13(16)14-10-5-3-4-6-11(10)15/h7-8,10-11,15H,2-6H2,1H3,(H,14,16)/t10-,11-/m0/s1. The van der Waals surface area contributed by atoms with E-state index in [4.69, 9.17) is 4.42 Å². The molecule has 94 valence electrons. The molecule has 1 aliphatic rings. The monoisotopic (exact) mass is 237 g/mol. The lowest BCUT2D eigenvalue weighted by Crippen LogP contribution is -2.44. The number of carbonyl (C=O) groups is 1. The van der Waals surface area contributed by atoms with Crippen LogP contribution in [0.15, 0.2) is 16.5 Å². The van der Waals surface area contributed by atoms with E-state index in [0.29, 0.717) is 5.76 Å². The molecular weight excluding hydrogens is 218 g/mol. The van der Waals surface area contributed by atoms with E-state index in [-0.39, 0.29) is 11.9 Å². The number of aliphatic hydroxyl groups excluding tert-OH is 1. The average Bonchev–Trinajstić information content (AvgIpc) is 2.81. The van der Waals surface area contributed by atoms with Gasteiger partial charge in [0.1, 0.15) is 5.76 Å². The van der Waals surface area contributed by atoms with Crippen LogP contribution in [0.4, 0.5) is 0 Å². The number of carbonyl (C=O) groups excluding carboxylic acids is 1. The molecule has 1 fully saturated rings. The van der Waals surface area contributed by atoms with Crippen molar-refractivity contribution in [2.75, 3.05) is 0 Å². The lowest BCUT2D eigenvalue weighted by Gasteiger charge is -2.27. The van der Waals surface area contributed by atoms with Gasteiger partial charge in [-0.1, -0.05) is 19.8 Å². The number of nitrogens with one attached hydrogen (secondary N) is 1. The Morgan fingerprint density at radius 2 is 2.24 bits per heavy atom. The van der Waals surface area contributed by atoms with Crippen molar-refractivity contribution < 1.29 is 14.3 Å². The second-order valence-electron chi connectivity index (χ2n) is 4.55. The third-order valence-corrected chi connectivity index (χ3v) is 3.28. The molecule has 1 saturated carbocycles. The van der Waals surface area contributed by atoms with Crippen LogP contribution >= 0.6 is 0 Å². The first kappa shape index (κ1) is 12.2. The number of hydrogen-bond donors (Lipinski definition) is 2. The molecule has 0 saturated heterocycles. The lowest BCUT2D eigenvalue weighted by molar-refractivity contribution is 0.0697. The summed E-state index contributed by atoms with van der Waals surface area (Å²) in [5.41, 5.74) is 0. The molecule has 2 atom stereocenters. The lowest BCUT2D eigenvalue weighted by atomic mass is 9.92. The molecule has 1 amide bonds. The van der Waals surface area contributed by atoms with Crippen LogP contribution in [0, 0.1) is 0 Å². The van der Waals surface area contributed by atoms with Gasteiger partial charge < -0.3 is 14.8 Å². The van der Waals surface area contributed by atoms with Crippen LogP contribution in [0.3, 0.4) is 0 Å². The molecule has 1 aromatic heterocycles. The summed E-state index contributed by atoms with van der Waals surface area (Å²) in [6.07, 6.45) is 4.05. The SMILES string of the molecule is CCc1ccc(C(=O)N[C@H]2CCCC[C@@H]2O)o1. The molecule has 0 unspecified atom stereocenters. The highest BCUT2D eigenvalue weighted by Crippen LogP contribution is 2.19. The largest absolute Gasteiger partial charge is 0.456 e. The van der Waals surface area contributed by atoms with Crippen molar-refractivity contribution in [1.82, 2.24) is 5.32 Å². The van der Waals surface area contributed by atoms with Gasteiger partial charge in [-0.2, -0.15) is 0 Å². The first-order valence-electron chi connectivity index (χ1n) is 6.28. The van der Waals surface area contributed by atoms with E-state index in [9.17, 15) is 9.90 Å². The van der Waals surface area contributed by atoms with Crippen LogP contribution in [0.1, 0.15) is 48.9 Å². The van der Waals surface area contributed by atoms with Gasteiger partial charge in [0, 0.05) is 6.42 Å². The topological polar surface area (TPSA) is 62.5 Å². The predicted octanol–water partition coefficient (Wildman–Crippen LogP) is 1.88. The Morgan fingerprint density at radius 1 is 1.47 bits per heavy atom. The molecular formula is C13H19NO3. The fourth-order valence-corrected chi connectivity index (χ4v) is 2.21. The van der Waals surface area contributed by atoms with E-state index in [1.807, 2.05) is 13.0 Å². The van der Waals surface area contributed by atoms with Crippen LogP contribution in [-0.4, -0.2) is 23.2 Å². The first-order chi connectivity index (χ1) is 8.20. The molecule has 0 radical (unpaired) electrons. The second-order valence-corrected chi connectivity index (χ2v) is 4.55. The summed E-state index contributed by atoms with van der Waals surface area (Å²) in [6, 6.07) is 3.36. The Bertz CT molecular complexity index is 386. The highest BCUT2D eigenvalue weighted by Gasteiger charge is 2.25. The second kappa shape index (κ2) is 5.36. The van der Waals surface area contributed by atoms with Crippen molar-refractivity contribution in [3.8, 4) is 0 Å². The summed E-state index contributed by atoms with van der Waals surface area (Å²) < 4.78 is 5.38. The fourth-order valence-electron chi connectivity index (χ4n) is 2.21. The van der Waals surface area contributed by atoms with Gasteiger partial charge in [-0.25, -0.2) is 0 Å². The van der Waals surface area contributed by atoms with Gasteiger partial charge in [-0.05, 0) is 25.0 Å². The molecule has 1 aliphatic carbocycles. The Kier molecular flexibility index (Phi) is 3.84. The number of aryl methyl sites for hydroxylation is 1. The zero-order valence-corrected chi connectivity index (χ0v) is 10.1. The van der Waals surface area contributed by atoms with Crippen molar-refractivity contribution in [2.45, 2.75) is 51.2 Å². The first-order valence-corrected chi connectivity index (χ1v) is 6.28. The molecule has 17 heavy (non-hydrogen) atoms. The van der Waals surface area contributed by atoms with Crippen molar-refractivity contribution in [3.63, 3.8) is 0 Å². The maximum atomic E-state index is 11.9. The summed E-state index contributed by atoms with van der Waals surface area (Å²) in [7, 11) is 0. The van der Waals surface area contributed by atoms with E-state index in [1.165, 1.54) is 0 Å². The van der Waals surface area contributed by atoms with Crippen LogP contribution in [0.25, 0.3) is 0 Å². The zero-order chi connectivity index (χ0) is 12.3. The summed E-state index contributed by atoms with van der Waals surface area (Å²) in [6.45, 7) is 1.98.